The van der Waals surface area contributed by atoms with Crippen molar-refractivity contribution in [3.63, 3.8) is 0 Å². The van der Waals surface area contributed by atoms with Gasteiger partial charge < -0.3 is 4.74 Å². The zero-order valence-electron chi connectivity index (χ0n) is 5.85. The highest BCUT2D eigenvalue weighted by Gasteiger charge is 1.82. The molecule has 0 amide bonds. The van der Waals surface area contributed by atoms with Gasteiger partial charge in [-0.15, -0.1) is 0 Å². The fraction of sp³-hybridized carbons (Fsp3) is 0.571. The fourth-order valence-electron chi connectivity index (χ4n) is 0.439. The first kappa shape index (κ1) is 8.19. The summed E-state index contributed by atoms with van der Waals surface area (Å²) in [6, 6.07) is 2.03. The molecule has 0 aliphatic heterocycles. The van der Waals surface area contributed by atoms with Gasteiger partial charge in [-0.2, -0.15) is 5.26 Å². The molecule has 0 aliphatic carbocycles. The number of rotatable bonds is 3. The highest BCUT2D eigenvalue weighted by Crippen LogP contribution is 1.91. The maximum atomic E-state index is 8.28. The van der Waals surface area contributed by atoms with Crippen LogP contribution in [-0.2, 0) is 4.74 Å². The van der Waals surface area contributed by atoms with Crippen molar-refractivity contribution in [2.24, 2.45) is 0 Å². The van der Waals surface area contributed by atoms with Crippen LogP contribution in [0.15, 0.2) is 11.6 Å². The Morgan fingerprint density at radius 1 is 1.78 bits per heavy atom. The second-order valence-corrected chi connectivity index (χ2v) is 1.78. The summed E-state index contributed by atoms with van der Waals surface area (Å²) < 4.78 is 4.78. The van der Waals surface area contributed by atoms with Crippen molar-refractivity contribution >= 4 is 0 Å². The van der Waals surface area contributed by atoms with Crippen LogP contribution in [0.5, 0.6) is 0 Å². The van der Waals surface area contributed by atoms with Crippen molar-refractivity contribution in [2.75, 3.05) is 13.7 Å². The molecule has 0 N–H and O–H groups in total. The quantitative estimate of drug-likeness (QED) is 0.423. The molecule has 0 saturated carbocycles. The van der Waals surface area contributed by atoms with Gasteiger partial charge in [-0.1, -0.05) is 6.08 Å². The SMILES string of the molecule is COCC/C=C(\C)C#N. The van der Waals surface area contributed by atoms with Crippen molar-refractivity contribution < 1.29 is 4.74 Å². The molecule has 0 aromatic carbocycles. The van der Waals surface area contributed by atoms with E-state index in [0.29, 0.717) is 6.61 Å². The van der Waals surface area contributed by atoms with Gasteiger partial charge in [0.05, 0.1) is 6.07 Å². The van der Waals surface area contributed by atoms with Crippen LogP contribution in [0.1, 0.15) is 13.3 Å². The first-order valence-electron chi connectivity index (χ1n) is 2.87. The Kier molecular flexibility index (Phi) is 4.85. The first-order valence-corrected chi connectivity index (χ1v) is 2.87. The van der Waals surface area contributed by atoms with Crippen molar-refractivity contribution in [2.45, 2.75) is 13.3 Å². The van der Waals surface area contributed by atoms with Crippen LogP contribution in [0.25, 0.3) is 0 Å². The lowest BCUT2D eigenvalue weighted by atomic mass is 10.3. The highest BCUT2D eigenvalue weighted by atomic mass is 16.5. The molecule has 0 radical (unpaired) electrons. The number of nitrogens with zero attached hydrogens (tertiary/aromatic N) is 1. The summed E-state index contributed by atoms with van der Waals surface area (Å²) in [4.78, 5) is 0. The van der Waals surface area contributed by atoms with Crippen LogP contribution in [0, 0.1) is 11.3 Å². The van der Waals surface area contributed by atoms with Crippen LogP contribution in [-0.4, -0.2) is 13.7 Å². The number of allylic oxidation sites excluding steroid dienone is 1. The van der Waals surface area contributed by atoms with E-state index in [0.717, 1.165) is 12.0 Å². The molecule has 0 aromatic heterocycles. The normalized spacial score (nSPS) is 11.0. The van der Waals surface area contributed by atoms with E-state index in [4.69, 9.17) is 10.00 Å². The smallest absolute Gasteiger partial charge is 0.0940 e. The Morgan fingerprint density at radius 3 is 2.89 bits per heavy atom. The second-order valence-electron chi connectivity index (χ2n) is 1.78. The standard InChI is InChI=1S/C7H11NO/c1-7(6-8)4-3-5-9-2/h4H,3,5H2,1-2H3/b7-4+. The molecule has 0 unspecified atom stereocenters. The number of nitriles is 1. The molecule has 0 bridgehead atoms. The minimum absolute atomic E-state index is 0.693. The molecule has 0 heterocycles. The van der Waals surface area contributed by atoms with E-state index in [9.17, 15) is 0 Å². The van der Waals surface area contributed by atoms with Crippen LogP contribution in [0.4, 0.5) is 0 Å². The molecule has 0 fully saturated rings. The minimum atomic E-state index is 0.693. The Balaban J connectivity index is 3.35. The molecule has 0 aromatic rings. The van der Waals surface area contributed by atoms with E-state index in [2.05, 4.69) is 0 Å². The van der Waals surface area contributed by atoms with Crippen molar-refractivity contribution in [1.29, 1.82) is 5.26 Å². The van der Waals surface area contributed by atoms with Crippen LogP contribution in [0.2, 0.25) is 0 Å². The zero-order valence-corrected chi connectivity index (χ0v) is 5.85. The lowest BCUT2D eigenvalue weighted by molar-refractivity contribution is 0.204. The summed E-state index contributed by atoms with van der Waals surface area (Å²) in [6.07, 6.45) is 2.69. The molecule has 2 heteroatoms. The Hall–Kier alpha value is -0.810. The summed E-state index contributed by atoms with van der Waals surface area (Å²) in [7, 11) is 1.65. The van der Waals surface area contributed by atoms with Crippen molar-refractivity contribution in [3.8, 4) is 6.07 Å². The van der Waals surface area contributed by atoms with E-state index < -0.39 is 0 Å². The molecule has 50 valence electrons. The van der Waals surface area contributed by atoms with Crippen LogP contribution < -0.4 is 0 Å². The average molecular weight is 125 g/mol. The van der Waals surface area contributed by atoms with Gasteiger partial charge >= 0.3 is 0 Å². The molecule has 0 saturated heterocycles. The van der Waals surface area contributed by atoms with E-state index in [1.165, 1.54) is 0 Å². The fourth-order valence-corrected chi connectivity index (χ4v) is 0.439. The summed E-state index contributed by atoms with van der Waals surface area (Å²) in [5, 5.41) is 8.28. The molecule has 0 spiro atoms. The third kappa shape index (κ3) is 5.05. The summed E-state index contributed by atoms with van der Waals surface area (Å²) in [5.74, 6) is 0. The molecule has 0 aliphatic rings. The van der Waals surface area contributed by atoms with Gasteiger partial charge in [0, 0.05) is 19.3 Å². The van der Waals surface area contributed by atoms with E-state index >= 15 is 0 Å². The van der Waals surface area contributed by atoms with Crippen LogP contribution >= 0.6 is 0 Å². The highest BCUT2D eigenvalue weighted by molar-refractivity contribution is 5.16. The summed E-state index contributed by atoms with van der Waals surface area (Å²) in [5.41, 5.74) is 0.757. The Bertz CT molecular complexity index is 132. The minimum Gasteiger partial charge on any atom is -0.384 e. The van der Waals surface area contributed by atoms with E-state index in [-0.39, 0.29) is 0 Å². The third-order valence-electron chi connectivity index (χ3n) is 0.949. The van der Waals surface area contributed by atoms with Gasteiger partial charge in [-0.3, -0.25) is 0 Å². The summed E-state index contributed by atoms with van der Waals surface area (Å²) >= 11 is 0. The number of ether oxygens (including phenoxy) is 1. The lowest BCUT2D eigenvalue weighted by Gasteiger charge is -1.89. The topological polar surface area (TPSA) is 33.0 Å². The number of hydrogen-bond donors (Lipinski definition) is 0. The van der Waals surface area contributed by atoms with Gasteiger partial charge in [0.15, 0.2) is 0 Å². The van der Waals surface area contributed by atoms with E-state index in [1.807, 2.05) is 12.1 Å². The molecule has 2 nitrogen and oxygen atoms in total. The molecule has 0 atom stereocenters. The number of hydrogen-bond acceptors (Lipinski definition) is 2. The van der Waals surface area contributed by atoms with Gasteiger partial charge in [-0.05, 0) is 13.3 Å². The zero-order chi connectivity index (χ0) is 7.11. The van der Waals surface area contributed by atoms with Crippen LogP contribution in [0.3, 0.4) is 0 Å². The first-order chi connectivity index (χ1) is 4.31. The average Bonchev–Trinajstić information content (AvgIpc) is 1.89. The largest absolute Gasteiger partial charge is 0.384 e. The molecule has 0 rings (SSSR count). The molecule has 9 heavy (non-hydrogen) atoms. The monoisotopic (exact) mass is 125 g/mol. The van der Waals surface area contributed by atoms with Gasteiger partial charge in [0.2, 0.25) is 0 Å². The van der Waals surface area contributed by atoms with Gasteiger partial charge in [0.25, 0.3) is 0 Å². The van der Waals surface area contributed by atoms with Gasteiger partial charge in [0.1, 0.15) is 0 Å². The van der Waals surface area contributed by atoms with Gasteiger partial charge in [-0.25, -0.2) is 0 Å². The molecular weight excluding hydrogens is 114 g/mol. The van der Waals surface area contributed by atoms with E-state index in [1.54, 1.807) is 14.0 Å². The van der Waals surface area contributed by atoms with Crippen molar-refractivity contribution in [1.82, 2.24) is 0 Å². The molecular formula is C7H11NO. The number of methoxy groups -OCH3 is 1. The predicted molar refractivity (Wildman–Crippen MR) is 35.9 cm³/mol. The Labute approximate surface area is 55.7 Å². The maximum Gasteiger partial charge on any atom is 0.0940 e. The Morgan fingerprint density at radius 2 is 2.44 bits per heavy atom. The predicted octanol–water partition coefficient (Wildman–Crippen LogP) is 1.49. The third-order valence-corrected chi connectivity index (χ3v) is 0.949. The summed E-state index contributed by atoms with van der Waals surface area (Å²) in [6.45, 7) is 2.48. The lowest BCUT2D eigenvalue weighted by Crippen LogP contribution is -1.84. The second kappa shape index (κ2) is 5.33. The van der Waals surface area contributed by atoms with Crippen molar-refractivity contribution in [3.05, 3.63) is 11.6 Å². The maximum absolute atomic E-state index is 8.28.